The molecule has 0 bridgehead atoms. The van der Waals surface area contributed by atoms with Crippen molar-refractivity contribution in [2.24, 2.45) is 5.92 Å². The van der Waals surface area contributed by atoms with Crippen LogP contribution in [0.1, 0.15) is 25.3 Å². The first-order chi connectivity index (χ1) is 9.74. The number of likely N-dealkylation sites (tertiary alicyclic amines) is 1. The molecule has 1 aromatic carbocycles. The van der Waals surface area contributed by atoms with Gasteiger partial charge < -0.3 is 10.1 Å². The Morgan fingerprint density at radius 1 is 1.35 bits per heavy atom. The number of ether oxygens (including phenoxy) is 1. The number of halogens is 1. The normalized spacial score (nSPS) is 17.4. The molecule has 1 aliphatic rings. The van der Waals surface area contributed by atoms with E-state index in [0.717, 1.165) is 37.7 Å². The van der Waals surface area contributed by atoms with Gasteiger partial charge in [-0.3, -0.25) is 4.90 Å². The van der Waals surface area contributed by atoms with Crippen LogP contribution in [0.5, 0.6) is 5.75 Å². The van der Waals surface area contributed by atoms with E-state index >= 15 is 0 Å². The molecule has 0 atom stereocenters. The molecule has 0 unspecified atom stereocenters. The van der Waals surface area contributed by atoms with Gasteiger partial charge in [-0.1, -0.05) is 19.1 Å². The van der Waals surface area contributed by atoms with Crippen molar-refractivity contribution in [1.82, 2.24) is 10.2 Å². The number of hydrogen-bond acceptors (Lipinski definition) is 3. The molecule has 1 fully saturated rings. The summed E-state index contributed by atoms with van der Waals surface area (Å²) in [7, 11) is 1.51. The van der Waals surface area contributed by atoms with Gasteiger partial charge in [0, 0.05) is 12.1 Å². The number of nitrogens with one attached hydrogen (secondary N) is 1. The van der Waals surface area contributed by atoms with Gasteiger partial charge in [0.1, 0.15) is 0 Å². The molecule has 0 saturated carbocycles. The Morgan fingerprint density at radius 2 is 2.10 bits per heavy atom. The van der Waals surface area contributed by atoms with Crippen LogP contribution in [-0.2, 0) is 6.54 Å². The van der Waals surface area contributed by atoms with E-state index in [9.17, 15) is 4.39 Å². The predicted molar refractivity (Wildman–Crippen MR) is 79.5 cm³/mol. The lowest BCUT2D eigenvalue weighted by Crippen LogP contribution is -2.37. The molecule has 1 heterocycles. The van der Waals surface area contributed by atoms with Crippen molar-refractivity contribution in [2.75, 3.05) is 33.3 Å². The molecule has 3 nitrogen and oxygen atoms in total. The summed E-state index contributed by atoms with van der Waals surface area (Å²) in [5.41, 5.74) is 0.731. The predicted octanol–water partition coefficient (Wildman–Crippen LogP) is 2.66. The third-order valence-electron chi connectivity index (χ3n) is 4.05. The summed E-state index contributed by atoms with van der Waals surface area (Å²) >= 11 is 0. The van der Waals surface area contributed by atoms with Crippen LogP contribution in [0.3, 0.4) is 0 Å². The van der Waals surface area contributed by atoms with Crippen LogP contribution in [0.2, 0.25) is 0 Å². The minimum Gasteiger partial charge on any atom is -0.494 e. The summed E-state index contributed by atoms with van der Waals surface area (Å²) in [6.07, 6.45) is 2.39. The molecule has 112 valence electrons. The maximum atomic E-state index is 14.1. The summed E-state index contributed by atoms with van der Waals surface area (Å²) in [6.45, 7) is 7.06. The molecule has 4 heteroatoms. The van der Waals surface area contributed by atoms with Gasteiger partial charge in [0.2, 0.25) is 0 Å². The Morgan fingerprint density at radius 3 is 2.75 bits per heavy atom. The highest BCUT2D eigenvalue weighted by Gasteiger charge is 2.20. The van der Waals surface area contributed by atoms with Crippen molar-refractivity contribution in [1.29, 1.82) is 0 Å². The Balaban J connectivity index is 1.86. The molecule has 2 rings (SSSR count). The molecule has 20 heavy (non-hydrogen) atoms. The van der Waals surface area contributed by atoms with E-state index in [1.807, 2.05) is 12.1 Å². The molecule has 0 aromatic heterocycles. The summed E-state index contributed by atoms with van der Waals surface area (Å²) < 4.78 is 19.1. The fraction of sp³-hybridized carbons (Fsp3) is 0.625. The molecule has 1 saturated heterocycles. The molecule has 0 aliphatic carbocycles. The van der Waals surface area contributed by atoms with Crippen molar-refractivity contribution >= 4 is 0 Å². The molecular weight excluding hydrogens is 255 g/mol. The molecule has 1 aliphatic heterocycles. The molecular formula is C16H25FN2O. The third kappa shape index (κ3) is 3.93. The molecule has 1 aromatic rings. The third-order valence-corrected chi connectivity index (χ3v) is 4.05. The highest BCUT2D eigenvalue weighted by Crippen LogP contribution is 2.23. The van der Waals surface area contributed by atoms with Gasteiger partial charge in [0.15, 0.2) is 11.6 Å². The van der Waals surface area contributed by atoms with Crippen molar-refractivity contribution in [2.45, 2.75) is 26.3 Å². The quantitative estimate of drug-likeness (QED) is 0.867. The summed E-state index contributed by atoms with van der Waals surface area (Å²) in [5.74, 6) is 0.885. The first kappa shape index (κ1) is 15.3. The van der Waals surface area contributed by atoms with Crippen LogP contribution < -0.4 is 10.1 Å². The average Bonchev–Trinajstić information content (AvgIpc) is 2.48. The van der Waals surface area contributed by atoms with Crippen LogP contribution in [0.15, 0.2) is 18.2 Å². The molecule has 0 radical (unpaired) electrons. The largest absolute Gasteiger partial charge is 0.494 e. The van der Waals surface area contributed by atoms with Gasteiger partial charge in [0.25, 0.3) is 0 Å². The van der Waals surface area contributed by atoms with E-state index in [2.05, 4.69) is 17.1 Å². The van der Waals surface area contributed by atoms with E-state index < -0.39 is 0 Å². The summed E-state index contributed by atoms with van der Waals surface area (Å²) in [6, 6.07) is 5.37. The van der Waals surface area contributed by atoms with E-state index in [0.29, 0.717) is 12.3 Å². The highest BCUT2D eigenvalue weighted by atomic mass is 19.1. The lowest BCUT2D eigenvalue weighted by atomic mass is 9.96. The average molecular weight is 280 g/mol. The highest BCUT2D eigenvalue weighted by molar-refractivity contribution is 5.31. The lowest BCUT2D eigenvalue weighted by Gasteiger charge is -2.32. The maximum Gasteiger partial charge on any atom is 0.169 e. The van der Waals surface area contributed by atoms with Crippen molar-refractivity contribution in [3.8, 4) is 5.75 Å². The zero-order valence-corrected chi connectivity index (χ0v) is 12.5. The van der Waals surface area contributed by atoms with Crippen LogP contribution in [0.25, 0.3) is 0 Å². The van der Waals surface area contributed by atoms with Gasteiger partial charge in [0.05, 0.1) is 7.11 Å². The van der Waals surface area contributed by atoms with Gasteiger partial charge in [-0.05, 0) is 51.0 Å². The summed E-state index contributed by atoms with van der Waals surface area (Å²) in [4.78, 5) is 2.33. The van der Waals surface area contributed by atoms with Crippen LogP contribution >= 0.6 is 0 Å². The van der Waals surface area contributed by atoms with Crippen LogP contribution in [0, 0.1) is 11.7 Å². The summed E-state index contributed by atoms with van der Waals surface area (Å²) in [5, 5.41) is 3.41. The van der Waals surface area contributed by atoms with E-state index in [1.165, 1.54) is 20.0 Å². The van der Waals surface area contributed by atoms with Gasteiger partial charge in [-0.15, -0.1) is 0 Å². The number of piperidine rings is 1. The molecule has 1 N–H and O–H groups in total. The lowest BCUT2D eigenvalue weighted by molar-refractivity contribution is 0.174. The second kappa shape index (κ2) is 7.60. The van der Waals surface area contributed by atoms with Gasteiger partial charge >= 0.3 is 0 Å². The second-order valence-corrected chi connectivity index (χ2v) is 5.46. The van der Waals surface area contributed by atoms with Gasteiger partial charge in [-0.2, -0.15) is 0 Å². The molecule has 0 amide bonds. The standard InChI is InChI=1S/C16H25FN2O/c1-3-18-11-13-7-9-19(10-8-13)12-14-5-4-6-15(20-2)16(14)17/h4-6,13,18H,3,7-12H2,1-2H3. The number of methoxy groups -OCH3 is 1. The number of hydrogen-bond donors (Lipinski definition) is 1. The Bertz CT molecular complexity index is 417. The Labute approximate surface area is 121 Å². The van der Waals surface area contributed by atoms with Crippen molar-refractivity contribution in [3.63, 3.8) is 0 Å². The van der Waals surface area contributed by atoms with E-state index in [4.69, 9.17) is 4.74 Å². The number of rotatable bonds is 6. The van der Waals surface area contributed by atoms with Crippen molar-refractivity contribution < 1.29 is 9.13 Å². The second-order valence-electron chi connectivity index (χ2n) is 5.46. The first-order valence-corrected chi connectivity index (χ1v) is 7.49. The Hall–Kier alpha value is -1.13. The SMILES string of the molecule is CCNCC1CCN(Cc2cccc(OC)c2F)CC1. The van der Waals surface area contributed by atoms with Crippen LogP contribution in [0.4, 0.5) is 4.39 Å². The number of benzene rings is 1. The van der Waals surface area contributed by atoms with Gasteiger partial charge in [-0.25, -0.2) is 4.39 Å². The monoisotopic (exact) mass is 280 g/mol. The molecule has 0 spiro atoms. The van der Waals surface area contributed by atoms with E-state index in [-0.39, 0.29) is 5.82 Å². The smallest absolute Gasteiger partial charge is 0.169 e. The zero-order valence-electron chi connectivity index (χ0n) is 12.5. The van der Waals surface area contributed by atoms with Crippen LogP contribution in [-0.4, -0.2) is 38.2 Å². The minimum atomic E-state index is -0.218. The van der Waals surface area contributed by atoms with E-state index in [1.54, 1.807) is 6.07 Å². The maximum absolute atomic E-state index is 14.1. The number of nitrogens with zero attached hydrogens (tertiary/aromatic N) is 1. The fourth-order valence-electron chi connectivity index (χ4n) is 2.77. The fourth-order valence-corrected chi connectivity index (χ4v) is 2.77. The first-order valence-electron chi connectivity index (χ1n) is 7.49. The minimum absolute atomic E-state index is 0.218. The zero-order chi connectivity index (χ0) is 14.4. The topological polar surface area (TPSA) is 24.5 Å². The Kier molecular flexibility index (Phi) is 5.80. The van der Waals surface area contributed by atoms with Crippen molar-refractivity contribution in [3.05, 3.63) is 29.6 Å².